The van der Waals surface area contributed by atoms with Crippen LogP contribution in [0.5, 0.6) is 0 Å². The maximum atomic E-state index is 11.6. The monoisotopic (exact) mass is 404 g/mol. The molecule has 0 radical (unpaired) electrons. The van der Waals surface area contributed by atoms with Gasteiger partial charge in [-0.25, -0.2) is 0 Å². The van der Waals surface area contributed by atoms with Crippen molar-refractivity contribution in [1.82, 2.24) is 0 Å². The number of rotatable bonds is 7. The zero-order chi connectivity index (χ0) is 21.4. The Kier molecular flexibility index (Phi) is 8.83. The fraction of sp³-hybridized carbons (Fsp3) is 0.706. The molecule has 28 heavy (non-hydrogen) atoms. The molecule has 11 nitrogen and oxygen atoms in total. The molecule has 0 saturated carbocycles. The van der Waals surface area contributed by atoms with Crippen LogP contribution in [0.3, 0.4) is 0 Å². The second kappa shape index (κ2) is 10.6. The average Bonchev–Trinajstić information content (AvgIpc) is 2.54. The van der Waals surface area contributed by atoms with E-state index < -0.39 is 60.4 Å². The van der Waals surface area contributed by atoms with E-state index in [2.05, 4.69) is 0 Å². The number of hydrogen-bond acceptors (Lipinski definition) is 11. The predicted molar refractivity (Wildman–Crippen MR) is 88.6 cm³/mol. The van der Waals surface area contributed by atoms with Gasteiger partial charge in [-0.2, -0.15) is 0 Å². The first-order valence-electron chi connectivity index (χ1n) is 8.45. The van der Waals surface area contributed by atoms with Gasteiger partial charge in [-0.3, -0.25) is 24.0 Å². The Morgan fingerprint density at radius 2 is 0.893 bits per heavy atom. The fourth-order valence-electron chi connectivity index (χ4n) is 2.65. The molecule has 3 unspecified atom stereocenters. The molecule has 0 N–H and O–H groups in total. The van der Waals surface area contributed by atoms with Crippen LogP contribution in [0.2, 0.25) is 0 Å². The van der Waals surface area contributed by atoms with Crippen LogP contribution in [0, 0.1) is 0 Å². The molecule has 1 rings (SSSR count). The summed E-state index contributed by atoms with van der Waals surface area (Å²) in [5.41, 5.74) is 0. The number of carbonyl (C=O) groups excluding carboxylic acids is 5. The van der Waals surface area contributed by atoms with Crippen molar-refractivity contribution in [2.45, 2.75) is 65.1 Å². The van der Waals surface area contributed by atoms with Crippen molar-refractivity contribution in [1.29, 1.82) is 0 Å². The molecule has 1 aliphatic heterocycles. The minimum absolute atomic E-state index is 0.339. The van der Waals surface area contributed by atoms with Crippen LogP contribution in [0.1, 0.15) is 34.6 Å². The van der Waals surface area contributed by atoms with E-state index in [1.165, 1.54) is 13.8 Å². The zero-order valence-electron chi connectivity index (χ0n) is 16.3. The molecule has 5 atom stereocenters. The number of ether oxygens (including phenoxy) is 6. The SMILES string of the molecule is CC(=O)OCC1O[C@@H](COC(C)=O)C(OC(C)=O)C(OC(C)=O)[C@H]1OC(C)=O. The van der Waals surface area contributed by atoms with E-state index in [9.17, 15) is 24.0 Å². The zero-order valence-corrected chi connectivity index (χ0v) is 16.3. The van der Waals surface area contributed by atoms with E-state index >= 15 is 0 Å². The Bertz CT molecular complexity index is 570. The van der Waals surface area contributed by atoms with Gasteiger partial charge in [0, 0.05) is 34.6 Å². The topological polar surface area (TPSA) is 141 Å². The minimum Gasteiger partial charge on any atom is -0.463 e. The molecule has 1 saturated heterocycles. The smallest absolute Gasteiger partial charge is 0.303 e. The van der Waals surface area contributed by atoms with Crippen molar-refractivity contribution in [3.8, 4) is 0 Å². The third-order valence-electron chi connectivity index (χ3n) is 3.54. The van der Waals surface area contributed by atoms with Crippen LogP contribution >= 0.6 is 0 Å². The van der Waals surface area contributed by atoms with Gasteiger partial charge in [0.25, 0.3) is 0 Å². The van der Waals surface area contributed by atoms with E-state index in [4.69, 9.17) is 28.4 Å². The highest BCUT2D eigenvalue weighted by molar-refractivity contribution is 5.69. The van der Waals surface area contributed by atoms with Crippen LogP contribution in [0.15, 0.2) is 0 Å². The highest BCUT2D eigenvalue weighted by atomic mass is 16.7. The van der Waals surface area contributed by atoms with Crippen LogP contribution in [0.25, 0.3) is 0 Å². The van der Waals surface area contributed by atoms with E-state index in [0.717, 1.165) is 20.8 Å². The molecule has 11 heteroatoms. The number of esters is 5. The van der Waals surface area contributed by atoms with Gasteiger partial charge in [0.2, 0.25) is 0 Å². The first kappa shape index (κ1) is 23.3. The second-order valence-corrected chi connectivity index (χ2v) is 6.04. The summed E-state index contributed by atoms with van der Waals surface area (Å²) in [6.07, 6.45) is -5.88. The van der Waals surface area contributed by atoms with Gasteiger partial charge >= 0.3 is 29.8 Å². The molecule has 0 aromatic rings. The van der Waals surface area contributed by atoms with Gasteiger partial charge in [-0.15, -0.1) is 0 Å². The Labute approximate surface area is 161 Å². The van der Waals surface area contributed by atoms with Crippen molar-refractivity contribution in [2.75, 3.05) is 13.2 Å². The third kappa shape index (κ3) is 7.51. The molecule has 1 fully saturated rings. The number of hydrogen-bond donors (Lipinski definition) is 0. The first-order valence-corrected chi connectivity index (χ1v) is 8.45. The third-order valence-corrected chi connectivity index (χ3v) is 3.54. The molecule has 0 aromatic heterocycles. The summed E-state index contributed by atoms with van der Waals surface area (Å²) in [5.74, 6) is -3.42. The minimum atomic E-state index is -1.28. The molecule has 158 valence electrons. The maximum absolute atomic E-state index is 11.6. The highest BCUT2D eigenvalue weighted by Crippen LogP contribution is 2.29. The lowest BCUT2D eigenvalue weighted by Gasteiger charge is -2.44. The Morgan fingerprint density at radius 1 is 0.571 bits per heavy atom. The highest BCUT2D eigenvalue weighted by Gasteiger charge is 2.52. The lowest BCUT2D eigenvalue weighted by Crippen LogP contribution is -2.63. The van der Waals surface area contributed by atoms with E-state index in [1.807, 2.05) is 0 Å². The van der Waals surface area contributed by atoms with E-state index in [1.54, 1.807) is 0 Å². The van der Waals surface area contributed by atoms with Gasteiger partial charge in [-0.1, -0.05) is 0 Å². The standard InChI is InChI=1S/C17H24O11/c1-8(18)23-6-13-15(25-10(3)20)17(27-12(5)22)16(26-11(4)21)14(28-13)7-24-9(2)19/h13-17H,6-7H2,1-5H3/t13-,14?,15?,16-,17?/m0/s1. The van der Waals surface area contributed by atoms with Crippen LogP contribution in [-0.4, -0.2) is 73.6 Å². The first-order chi connectivity index (χ1) is 13.0. The predicted octanol–water partition coefficient (Wildman–Crippen LogP) is -0.325. The van der Waals surface area contributed by atoms with Crippen molar-refractivity contribution in [3.05, 3.63) is 0 Å². The Hall–Kier alpha value is -2.69. The van der Waals surface area contributed by atoms with Crippen LogP contribution in [0.4, 0.5) is 0 Å². The molecule has 0 aromatic carbocycles. The molecular weight excluding hydrogens is 380 g/mol. The summed E-state index contributed by atoms with van der Waals surface area (Å²) >= 11 is 0. The normalized spacial score (nSPS) is 26.5. The van der Waals surface area contributed by atoms with Gasteiger partial charge in [0.1, 0.15) is 25.4 Å². The largest absolute Gasteiger partial charge is 0.463 e. The Morgan fingerprint density at radius 3 is 1.18 bits per heavy atom. The van der Waals surface area contributed by atoms with Crippen molar-refractivity contribution in [2.24, 2.45) is 0 Å². The quantitative estimate of drug-likeness (QED) is 0.407. The lowest BCUT2D eigenvalue weighted by atomic mass is 9.94. The second-order valence-electron chi connectivity index (χ2n) is 6.04. The van der Waals surface area contributed by atoms with E-state index in [0.29, 0.717) is 0 Å². The molecule has 1 heterocycles. The fourth-order valence-corrected chi connectivity index (χ4v) is 2.65. The van der Waals surface area contributed by atoms with Gasteiger partial charge in [-0.05, 0) is 0 Å². The molecule has 0 amide bonds. The summed E-state index contributed by atoms with van der Waals surface area (Å²) in [6, 6.07) is 0. The summed E-state index contributed by atoms with van der Waals surface area (Å²) < 4.78 is 31.2. The summed E-state index contributed by atoms with van der Waals surface area (Å²) in [4.78, 5) is 57.0. The number of carbonyl (C=O) groups is 5. The molecule has 0 bridgehead atoms. The average molecular weight is 404 g/mol. The Balaban J connectivity index is 3.26. The van der Waals surface area contributed by atoms with E-state index in [-0.39, 0.29) is 13.2 Å². The summed E-state index contributed by atoms with van der Waals surface area (Å²) in [6.45, 7) is 5.03. The van der Waals surface area contributed by atoms with Crippen LogP contribution in [-0.2, 0) is 52.4 Å². The molecule has 0 spiro atoms. The van der Waals surface area contributed by atoms with Crippen molar-refractivity contribution >= 4 is 29.8 Å². The molecular formula is C17H24O11. The van der Waals surface area contributed by atoms with Crippen molar-refractivity contribution in [3.63, 3.8) is 0 Å². The summed E-state index contributed by atoms with van der Waals surface area (Å²) in [5, 5.41) is 0. The molecule has 0 aliphatic carbocycles. The van der Waals surface area contributed by atoms with Gasteiger partial charge in [0.05, 0.1) is 0 Å². The van der Waals surface area contributed by atoms with Gasteiger partial charge < -0.3 is 28.4 Å². The van der Waals surface area contributed by atoms with Crippen molar-refractivity contribution < 1.29 is 52.4 Å². The van der Waals surface area contributed by atoms with Gasteiger partial charge in [0.15, 0.2) is 18.3 Å². The summed E-state index contributed by atoms with van der Waals surface area (Å²) in [7, 11) is 0. The molecule has 1 aliphatic rings. The van der Waals surface area contributed by atoms with Crippen LogP contribution < -0.4 is 0 Å². The maximum Gasteiger partial charge on any atom is 0.303 e. The lowest BCUT2D eigenvalue weighted by molar-refractivity contribution is -0.257.